The number of ether oxygens (including phenoxy) is 1. The Labute approximate surface area is 100 Å². The van der Waals surface area contributed by atoms with Gasteiger partial charge in [-0.05, 0) is 5.56 Å². The second-order valence-electron chi connectivity index (χ2n) is 3.08. The molecule has 0 N–H and O–H groups in total. The molecule has 0 radical (unpaired) electrons. The molecule has 0 aliphatic carbocycles. The van der Waals surface area contributed by atoms with E-state index in [0.29, 0.717) is 13.2 Å². The fourth-order valence-corrected chi connectivity index (χ4v) is 2.91. The van der Waals surface area contributed by atoms with Crippen LogP contribution in [0.5, 0.6) is 0 Å². The summed E-state index contributed by atoms with van der Waals surface area (Å²) in [4.78, 5) is 0. The van der Waals surface area contributed by atoms with E-state index in [4.69, 9.17) is 4.74 Å². The van der Waals surface area contributed by atoms with Crippen LogP contribution in [-0.2, 0) is 24.5 Å². The molecule has 1 aromatic carbocycles. The summed E-state index contributed by atoms with van der Waals surface area (Å²) < 4.78 is 26.3. The summed E-state index contributed by atoms with van der Waals surface area (Å²) in [5.41, 5.74) is 1.08. The van der Waals surface area contributed by atoms with Crippen LogP contribution >= 0.6 is 26.5 Å². The van der Waals surface area contributed by atoms with Crippen molar-refractivity contribution in [1.29, 1.82) is 0 Å². The van der Waals surface area contributed by atoms with Gasteiger partial charge in [0.2, 0.25) is 0 Å². The second-order valence-corrected chi connectivity index (χ2v) is 6.44. The van der Waals surface area contributed by atoms with Crippen LogP contribution in [0, 0.1) is 0 Å². The number of hydrogen-bond donors (Lipinski definition) is 0. The second kappa shape index (κ2) is 7.50. The van der Waals surface area contributed by atoms with Crippen LogP contribution in [0.4, 0.5) is 0 Å². The molecule has 0 saturated heterocycles. The number of hydrogen-bond acceptors (Lipinski definition) is 4. The maximum Gasteiger partial charge on any atom is 0.338 e. The van der Waals surface area contributed by atoms with Gasteiger partial charge in [-0.15, -0.1) is 0 Å². The molecule has 1 rings (SSSR count). The molecule has 1 aromatic rings. The predicted octanol–water partition coefficient (Wildman–Crippen LogP) is 3.01. The monoisotopic (exact) mass is 280 g/mol. The Morgan fingerprint density at radius 3 is 2.31 bits per heavy atom. The molecule has 2 atom stereocenters. The van der Waals surface area contributed by atoms with E-state index < -0.39 is 7.60 Å². The van der Waals surface area contributed by atoms with E-state index >= 15 is 0 Å². The van der Waals surface area contributed by atoms with Crippen LogP contribution in [0.2, 0.25) is 0 Å². The zero-order chi connectivity index (χ0) is 11.9. The van der Waals surface area contributed by atoms with E-state index in [1.165, 1.54) is 0 Å². The maximum atomic E-state index is 11.6. The van der Waals surface area contributed by atoms with E-state index in [1.807, 2.05) is 49.3 Å². The van der Waals surface area contributed by atoms with Gasteiger partial charge in [0, 0.05) is 18.9 Å². The third kappa shape index (κ3) is 5.01. The zero-order valence-electron chi connectivity index (χ0n) is 8.74. The third-order valence-corrected chi connectivity index (χ3v) is 5.24. The predicted molar refractivity (Wildman–Crippen MR) is 70.2 cm³/mol. The van der Waals surface area contributed by atoms with E-state index in [2.05, 4.69) is 8.62 Å². The van der Waals surface area contributed by atoms with E-state index in [1.54, 1.807) is 0 Å². The zero-order valence-corrected chi connectivity index (χ0v) is 11.9. The summed E-state index contributed by atoms with van der Waals surface area (Å²) in [6.45, 7) is 0.823. The Morgan fingerprint density at radius 2 is 1.75 bits per heavy atom. The Balaban J connectivity index is 2.24. The third-order valence-electron chi connectivity index (χ3n) is 1.94. The molecule has 0 aromatic heterocycles. The van der Waals surface area contributed by atoms with Crippen molar-refractivity contribution < 1.29 is 17.9 Å². The lowest BCUT2D eigenvalue weighted by Crippen LogP contribution is -2.01. The van der Waals surface area contributed by atoms with Crippen LogP contribution in [0.3, 0.4) is 0 Å². The van der Waals surface area contributed by atoms with Crippen molar-refractivity contribution in [3.8, 4) is 0 Å². The number of benzene rings is 1. The molecule has 0 heterocycles. The first-order valence-corrected chi connectivity index (χ1v) is 7.35. The minimum Gasteiger partial charge on any atom is -0.376 e. The van der Waals surface area contributed by atoms with Gasteiger partial charge in [0.05, 0.1) is 19.4 Å². The van der Waals surface area contributed by atoms with Gasteiger partial charge in [-0.25, -0.2) is 0 Å². The van der Waals surface area contributed by atoms with Crippen molar-refractivity contribution in [1.82, 2.24) is 0 Å². The topological polar surface area (TPSA) is 44.8 Å². The van der Waals surface area contributed by atoms with Gasteiger partial charge >= 0.3 is 7.60 Å². The molecule has 0 saturated carbocycles. The molecule has 2 unspecified atom stereocenters. The standard InChI is InChI=1S/C9H15O4P3/c10-16(12-14,13-15)7-6-11-8-9-4-2-1-3-5-9/h1-5H,6-8,14-15H2. The van der Waals surface area contributed by atoms with Crippen molar-refractivity contribution in [3.63, 3.8) is 0 Å². The van der Waals surface area contributed by atoms with Crippen molar-refractivity contribution in [2.24, 2.45) is 0 Å². The average molecular weight is 280 g/mol. The fourth-order valence-electron chi connectivity index (χ4n) is 1.07. The smallest absolute Gasteiger partial charge is 0.338 e. The van der Waals surface area contributed by atoms with Gasteiger partial charge in [-0.2, -0.15) is 0 Å². The molecule has 0 aliphatic rings. The summed E-state index contributed by atoms with van der Waals surface area (Å²) in [6.07, 6.45) is 0.229. The molecule has 4 nitrogen and oxygen atoms in total. The van der Waals surface area contributed by atoms with Gasteiger partial charge in [0.25, 0.3) is 0 Å². The highest BCUT2D eigenvalue weighted by molar-refractivity contribution is 7.61. The molecule has 90 valence electrons. The lowest BCUT2D eigenvalue weighted by Gasteiger charge is -2.12. The molecule has 7 heteroatoms. The highest BCUT2D eigenvalue weighted by atomic mass is 31.2. The summed E-state index contributed by atoms with van der Waals surface area (Å²) in [6, 6.07) is 9.78. The van der Waals surface area contributed by atoms with E-state index in [-0.39, 0.29) is 6.16 Å². The number of rotatable bonds is 7. The summed E-state index contributed by atoms with van der Waals surface area (Å²) in [5, 5.41) is 0. The van der Waals surface area contributed by atoms with E-state index in [9.17, 15) is 4.57 Å². The van der Waals surface area contributed by atoms with Gasteiger partial charge in [-0.1, -0.05) is 30.3 Å². The van der Waals surface area contributed by atoms with E-state index in [0.717, 1.165) is 5.56 Å². The summed E-state index contributed by atoms with van der Waals surface area (Å²) >= 11 is 0. The molecule has 16 heavy (non-hydrogen) atoms. The molecule has 0 spiro atoms. The van der Waals surface area contributed by atoms with Crippen LogP contribution in [0.1, 0.15) is 5.56 Å². The summed E-state index contributed by atoms with van der Waals surface area (Å²) in [5.74, 6) is 0. The molecular formula is C9H15O4P3. The van der Waals surface area contributed by atoms with Crippen LogP contribution in [0.25, 0.3) is 0 Å². The SMILES string of the molecule is O=P(CCOCc1ccccc1)(OP)OP. The van der Waals surface area contributed by atoms with Crippen molar-refractivity contribution >= 4 is 26.5 Å². The molecular weight excluding hydrogens is 265 g/mol. The molecule has 0 fully saturated rings. The molecule has 0 bridgehead atoms. The fraction of sp³-hybridized carbons (Fsp3) is 0.333. The Kier molecular flexibility index (Phi) is 6.68. The summed E-state index contributed by atoms with van der Waals surface area (Å²) in [7, 11) is 0.888. The molecule has 0 amide bonds. The van der Waals surface area contributed by atoms with Gasteiger partial charge in [-0.3, -0.25) is 13.2 Å². The van der Waals surface area contributed by atoms with Crippen molar-refractivity contribution in [2.75, 3.05) is 12.8 Å². The Bertz CT molecular complexity index is 336. The highest BCUT2D eigenvalue weighted by Gasteiger charge is 2.20. The quantitative estimate of drug-likeness (QED) is 0.569. The van der Waals surface area contributed by atoms with Gasteiger partial charge in [0.1, 0.15) is 0 Å². The first kappa shape index (κ1) is 14.3. The lowest BCUT2D eigenvalue weighted by atomic mass is 10.2. The normalized spacial score (nSPS) is 11.6. The van der Waals surface area contributed by atoms with Gasteiger partial charge in [0.15, 0.2) is 0 Å². The average Bonchev–Trinajstić information content (AvgIpc) is 2.36. The Hall–Kier alpha value is 0.190. The highest BCUT2D eigenvalue weighted by Crippen LogP contribution is 2.51. The van der Waals surface area contributed by atoms with Gasteiger partial charge < -0.3 is 4.74 Å². The maximum absolute atomic E-state index is 11.6. The largest absolute Gasteiger partial charge is 0.376 e. The molecule has 0 aliphatic heterocycles. The Morgan fingerprint density at radius 1 is 1.12 bits per heavy atom. The van der Waals surface area contributed by atoms with Crippen LogP contribution in [-0.4, -0.2) is 12.8 Å². The lowest BCUT2D eigenvalue weighted by molar-refractivity contribution is 0.133. The van der Waals surface area contributed by atoms with Crippen molar-refractivity contribution in [2.45, 2.75) is 6.61 Å². The minimum atomic E-state index is -3.00. The first-order valence-electron chi connectivity index (χ1n) is 4.68. The minimum absolute atomic E-state index is 0.229. The first-order chi connectivity index (χ1) is 7.70. The van der Waals surface area contributed by atoms with Crippen LogP contribution in [0.15, 0.2) is 30.3 Å². The van der Waals surface area contributed by atoms with Crippen LogP contribution < -0.4 is 0 Å². The van der Waals surface area contributed by atoms with Crippen molar-refractivity contribution in [3.05, 3.63) is 35.9 Å².